The molecule has 1 aliphatic rings. The average Bonchev–Trinajstić information content (AvgIpc) is 3.28. The van der Waals surface area contributed by atoms with Crippen LogP contribution in [0.1, 0.15) is 5.56 Å². The molecule has 0 spiro atoms. The Morgan fingerprint density at radius 1 is 0.963 bits per heavy atom. The van der Waals surface area contributed by atoms with E-state index in [1.54, 1.807) is 18.6 Å². The van der Waals surface area contributed by atoms with Crippen LogP contribution in [0.5, 0.6) is 0 Å². The first kappa shape index (κ1) is 17.0. The number of aromatic amines is 1. The van der Waals surface area contributed by atoms with E-state index in [0.29, 0.717) is 0 Å². The molecule has 1 saturated heterocycles. The summed E-state index contributed by atoms with van der Waals surface area (Å²) in [7, 11) is 0. The quantitative estimate of drug-likeness (QED) is 0.669. The van der Waals surface area contributed by atoms with Crippen LogP contribution in [0, 0.1) is 0 Å². The first-order valence-corrected chi connectivity index (χ1v) is 9.06. The van der Waals surface area contributed by atoms with Crippen molar-refractivity contribution in [2.45, 2.75) is 0 Å². The number of carbonyl (C=O) groups excluding carboxylic acids is 1. The number of nitrogens with zero attached hydrogens (tertiary/aromatic N) is 4. The molecule has 0 radical (unpaired) electrons. The Morgan fingerprint density at radius 2 is 1.70 bits per heavy atom. The highest BCUT2D eigenvalue weighted by molar-refractivity contribution is 5.92. The smallest absolute Gasteiger partial charge is 0.246 e. The molecular weight excluding hydrogens is 338 g/mol. The van der Waals surface area contributed by atoms with Crippen molar-refractivity contribution in [3.63, 3.8) is 0 Å². The predicted octanol–water partition coefficient (Wildman–Crippen LogP) is 2.05. The number of pyridine rings is 1. The number of aromatic nitrogens is 3. The van der Waals surface area contributed by atoms with Crippen LogP contribution in [0.3, 0.4) is 0 Å². The normalized spacial score (nSPS) is 14.7. The molecule has 1 aromatic carbocycles. The molecule has 1 amide bonds. The second-order valence-electron chi connectivity index (χ2n) is 6.47. The number of carbonyl (C=O) groups is 1. The van der Waals surface area contributed by atoms with Crippen LogP contribution in [-0.4, -0.2) is 46.5 Å². The number of nitrogens with one attached hydrogen (secondary N) is 1. The molecular formula is C21H22N5O+. The summed E-state index contributed by atoms with van der Waals surface area (Å²) in [4.78, 5) is 23.8. The van der Waals surface area contributed by atoms with Gasteiger partial charge in [0, 0.05) is 68.2 Å². The van der Waals surface area contributed by atoms with Crippen molar-refractivity contribution in [2.24, 2.45) is 0 Å². The van der Waals surface area contributed by atoms with Crippen molar-refractivity contribution >= 4 is 17.7 Å². The highest BCUT2D eigenvalue weighted by Gasteiger charge is 2.19. The van der Waals surface area contributed by atoms with Gasteiger partial charge in [-0.1, -0.05) is 12.1 Å². The van der Waals surface area contributed by atoms with Crippen LogP contribution in [0.2, 0.25) is 0 Å². The van der Waals surface area contributed by atoms with E-state index in [2.05, 4.69) is 27.0 Å². The summed E-state index contributed by atoms with van der Waals surface area (Å²) < 4.78 is 1.95. The zero-order chi connectivity index (χ0) is 18.5. The number of rotatable bonds is 4. The molecule has 4 rings (SSSR count). The lowest BCUT2D eigenvalue weighted by atomic mass is 10.2. The fourth-order valence-electron chi connectivity index (χ4n) is 3.22. The molecule has 1 N–H and O–H groups in total. The molecule has 3 aromatic rings. The summed E-state index contributed by atoms with van der Waals surface area (Å²) in [6.45, 7) is 3.18. The van der Waals surface area contributed by atoms with Crippen LogP contribution < -0.4 is 9.88 Å². The molecule has 1 fully saturated rings. The summed E-state index contributed by atoms with van der Waals surface area (Å²) in [6.07, 6.45) is 12.8. The van der Waals surface area contributed by atoms with E-state index in [0.717, 1.165) is 37.4 Å². The number of benzene rings is 1. The number of imidazole rings is 1. The number of amides is 1. The van der Waals surface area contributed by atoms with E-state index in [4.69, 9.17) is 0 Å². The van der Waals surface area contributed by atoms with E-state index in [1.807, 2.05) is 58.4 Å². The molecule has 6 heteroatoms. The molecule has 0 aliphatic carbocycles. The van der Waals surface area contributed by atoms with Gasteiger partial charge in [-0.05, 0) is 23.8 Å². The largest absolute Gasteiger partial charge is 0.368 e. The topological polar surface area (TPSA) is 55.5 Å². The van der Waals surface area contributed by atoms with Gasteiger partial charge in [-0.3, -0.25) is 4.79 Å². The maximum absolute atomic E-state index is 12.5. The Labute approximate surface area is 158 Å². The minimum atomic E-state index is 0.0646. The highest BCUT2D eigenvalue weighted by Crippen LogP contribution is 2.15. The second kappa shape index (κ2) is 7.86. The molecule has 2 aromatic heterocycles. The van der Waals surface area contributed by atoms with Gasteiger partial charge in [0.2, 0.25) is 5.91 Å². The Bertz CT molecular complexity index is 896. The van der Waals surface area contributed by atoms with Crippen LogP contribution in [-0.2, 0) is 4.79 Å². The predicted molar refractivity (Wildman–Crippen MR) is 104 cm³/mol. The molecule has 6 nitrogen and oxygen atoms in total. The van der Waals surface area contributed by atoms with Crippen molar-refractivity contribution in [3.8, 4) is 5.69 Å². The summed E-state index contributed by atoms with van der Waals surface area (Å²) in [5.74, 6) is 0.0646. The minimum absolute atomic E-state index is 0.0646. The number of piperazine rings is 1. The van der Waals surface area contributed by atoms with Gasteiger partial charge in [-0.15, -0.1) is 0 Å². The van der Waals surface area contributed by atoms with Gasteiger partial charge < -0.3 is 14.4 Å². The SMILES string of the molecule is O=C(/C=C/c1ccc(-n2ccnc2)cc1)N1CCN(c2cc[nH+]cc2)CC1. The van der Waals surface area contributed by atoms with E-state index in [1.165, 1.54) is 5.69 Å². The first-order chi connectivity index (χ1) is 13.3. The Balaban J connectivity index is 1.33. The second-order valence-corrected chi connectivity index (χ2v) is 6.47. The summed E-state index contributed by atoms with van der Waals surface area (Å²) in [6, 6.07) is 12.2. The zero-order valence-corrected chi connectivity index (χ0v) is 15.0. The molecule has 1 aliphatic heterocycles. The lowest BCUT2D eigenvalue weighted by molar-refractivity contribution is -0.377. The zero-order valence-electron chi connectivity index (χ0n) is 15.0. The van der Waals surface area contributed by atoms with Crippen molar-refractivity contribution in [1.29, 1.82) is 0 Å². The average molecular weight is 360 g/mol. The lowest BCUT2D eigenvalue weighted by Gasteiger charge is -2.35. The summed E-state index contributed by atoms with van der Waals surface area (Å²) in [5.41, 5.74) is 3.24. The number of hydrogen-bond donors (Lipinski definition) is 0. The van der Waals surface area contributed by atoms with Crippen LogP contribution >= 0.6 is 0 Å². The van der Waals surface area contributed by atoms with Crippen LogP contribution in [0.4, 0.5) is 5.69 Å². The van der Waals surface area contributed by atoms with Gasteiger partial charge in [0.05, 0.1) is 6.33 Å². The van der Waals surface area contributed by atoms with Gasteiger partial charge in [-0.2, -0.15) is 0 Å². The molecule has 0 atom stereocenters. The standard InChI is InChI=1S/C21H21N5O/c27-21(25-15-13-24(14-16-25)20-7-9-22-10-8-20)6-3-18-1-4-19(5-2-18)26-12-11-23-17-26/h1-12,17H,13-16H2/p+1/b6-3+. The van der Waals surface area contributed by atoms with Crippen molar-refractivity contribution < 1.29 is 9.78 Å². The van der Waals surface area contributed by atoms with E-state index in [9.17, 15) is 4.79 Å². The Morgan fingerprint density at radius 3 is 2.37 bits per heavy atom. The summed E-state index contributed by atoms with van der Waals surface area (Å²) in [5, 5.41) is 0. The van der Waals surface area contributed by atoms with Crippen molar-refractivity contribution in [2.75, 3.05) is 31.1 Å². The fourth-order valence-corrected chi connectivity index (χ4v) is 3.22. The van der Waals surface area contributed by atoms with E-state index >= 15 is 0 Å². The third kappa shape index (κ3) is 4.06. The van der Waals surface area contributed by atoms with Crippen LogP contribution in [0.25, 0.3) is 11.8 Å². The minimum Gasteiger partial charge on any atom is -0.368 e. The van der Waals surface area contributed by atoms with Gasteiger partial charge in [0.15, 0.2) is 12.4 Å². The molecule has 0 saturated carbocycles. The van der Waals surface area contributed by atoms with Gasteiger partial charge in [0.25, 0.3) is 0 Å². The number of hydrogen-bond acceptors (Lipinski definition) is 3. The number of H-pyrrole nitrogens is 1. The van der Waals surface area contributed by atoms with Gasteiger partial charge in [0.1, 0.15) is 0 Å². The maximum Gasteiger partial charge on any atom is 0.246 e. The molecule has 27 heavy (non-hydrogen) atoms. The fraction of sp³-hybridized carbons (Fsp3) is 0.190. The monoisotopic (exact) mass is 360 g/mol. The first-order valence-electron chi connectivity index (χ1n) is 9.06. The Kier molecular flexibility index (Phi) is 4.96. The maximum atomic E-state index is 12.5. The van der Waals surface area contributed by atoms with E-state index in [-0.39, 0.29) is 5.91 Å². The van der Waals surface area contributed by atoms with Gasteiger partial charge in [-0.25, -0.2) is 9.97 Å². The highest BCUT2D eigenvalue weighted by atomic mass is 16.2. The molecule has 0 bridgehead atoms. The molecule has 0 unspecified atom stereocenters. The molecule has 3 heterocycles. The third-order valence-electron chi connectivity index (χ3n) is 4.77. The van der Waals surface area contributed by atoms with Crippen LogP contribution in [0.15, 0.2) is 73.6 Å². The van der Waals surface area contributed by atoms with E-state index < -0.39 is 0 Å². The van der Waals surface area contributed by atoms with Crippen molar-refractivity contribution in [1.82, 2.24) is 14.5 Å². The molecule has 136 valence electrons. The third-order valence-corrected chi connectivity index (χ3v) is 4.77. The van der Waals surface area contributed by atoms with Gasteiger partial charge >= 0.3 is 0 Å². The Hall–Kier alpha value is -3.41. The summed E-state index contributed by atoms with van der Waals surface area (Å²) >= 11 is 0. The van der Waals surface area contributed by atoms with Crippen molar-refractivity contribution in [3.05, 3.63) is 79.2 Å². The number of anilines is 1. The lowest BCUT2D eigenvalue weighted by Crippen LogP contribution is -2.48.